The maximum atomic E-state index is 11.8. The highest BCUT2D eigenvalue weighted by Crippen LogP contribution is 2.24. The molecule has 0 radical (unpaired) electrons. The Labute approximate surface area is 159 Å². The van der Waals surface area contributed by atoms with E-state index in [0.29, 0.717) is 23.8 Å². The van der Waals surface area contributed by atoms with Crippen molar-refractivity contribution in [2.45, 2.75) is 20.3 Å². The third-order valence-corrected chi connectivity index (χ3v) is 3.75. The normalized spacial score (nSPS) is 10.5. The van der Waals surface area contributed by atoms with Crippen LogP contribution >= 0.6 is 0 Å². The van der Waals surface area contributed by atoms with Gasteiger partial charge in [-0.15, -0.1) is 0 Å². The average molecular weight is 361 g/mol. The molecule has 27 heavy (non-hydrogen) atoms. The van der Waals surface area contributed by atoms with Gasteiger partial charge in [-0.2, -0.15) is 0 Å². The van der Waals surface area contributed by atoms with Gasteiger partial charge in [0, 0.05) is 12.1 Å². The van der Waals surface area contributed by atoms with Gasteiger partial charge in [-0.1, -0.05) is 32.0 Å². The summed E-state index contributed by atoms with van der Waals surface area (Å²) in [7, 11) is 0. The number of carbonyl (C=O) groups excluding carboxylic acids is 1. The van der Waals surface area contributed by atoms with Gasteiger partial charge < -0.3 is 15.4 Å². The van der Waals surface area contributed by atoms with Gasteiger partial charge in [0.05, 0.1) is 11.9 Å². The molecule has 3 rings (SSSR count). The van der Waals surface area contributed by atoms with Crippen molar-refractivity contribution < 1.29 is 9.53 Å². The molecule has 0 fully saturated rings. The van der Waals surface area contributed by atoms with Gasteiger partial charge in [-0.05, 0) is 54.4 Å². The van der Waals surface area contributed by atoms with E-state index in [9.17, 15) is 4.79 Å². The molecule has 3 aromatic rings. The van der Waals surface area contributed by atoms with E-state index in [2.05, 4.69) is 15.6 Å². The molecule has 0 aliphatic rings. The van der Waals surface area contributed by atoms with E-state index >= 15 is 0 Å². The van der Waals surface area contributed by atoms with Crippen molar-refractivity contribution in [1.29, 1.82) is 0 Å². The van der Waals surface area contributed by atoms with Crippen molar-refractivity contribution in [3.05, 3.63) is 72.9 Å². The van der Waals surface area contributed by atoms with Gasteiger partial charge in [0.1, 0.15) is 17.3 Å². The largest absolute Gasteiger partial charge is 0.457 e. The first-order chi connectivity index (χ1) is 13.1. The average Bonchev–Trinajstić information content (AvgIpc) is 2.65. The van der Waals surface area contributed by atoms with Crippen LogP contribution in [0.1, 0.15) is 20.3 Å². The van der Waals surface area contributed by atoms with Crippen LogP contribution < -0.4 is 15.4 Å². The maximum Gasteiger partial charge on any atom is 0.224 e. The Hall–Kier alpha value is -3.34. The molecular formula is C22H23N3O2. The standard InChI is InChI=1S/C22H23N3O2/c1-16(2)14-22(26)25-18-10-13-21(23-15-18)24-17-8-11-20(12-9-17)27-19-6-4-3-5-7-19/h3-13,15-16H,14H2,1-2H3,(H,23,24)(H,25,26). The number of aromatic nitrogens is 1. The number of carbonyl (C=O) groups is 1. The summed E-state index contributed by atoms with van der Waals surface area (Å²) in [5.74, 6) is 2.60. The number of nitrogens with zero attached hydrogens (tertiary/aromatic N) is 1. The number of rotatable bonds is 7. The molecule has 0 saturated carbocycles. The zero-order valence-electron chi connectivity index (χ0n) is 15.5. The van der Waals surface area contributed by atoms with Crippen LogP contribution in [0.15, 0.2) is 72.9 Å². The summed E-state index contributed by atoms with van der Waals surface area (Å²) >= 11 is 0. The Balaban J connectivity index is 1.56. The number of pyridine rings is 1. The Kier molecular flexibility index (Phi) is 6.05. The fourth-order valence-electron chi connectivity index (χ4n) is 2.50. The van der Waals surface area contributed by atoms with Gasteiger partial charge in [-0.3, -0.25) is 4.79 Å². The van der Waals surface area contributed by atoms with E-state index < -0.39 is 0 Å². The fourth-order valence-corrected chi connectivity index (χ4v) is 2.50. The van der Waals surface area contributed by atoms with E-state index in [0.717, 1.165) is 17.2 Å². The molecule has 2 aromatic carbocycles. The minimum absolute atomic E-state index is 0.00140. The van der Waals surface area contributed by atoms with Crippen LogP contribution in [0, 0.1) is 5.92 Å². The fraction of sp³-hybridized carbons (Fsp3) is 0.182. The summed E-state index contributed by atoms with van der Waals surface area (Å²) in [6.07, 6.45) is 2.14. The summed E-state index contributed by atoms with van der Waals surface area (Å²) in [5, 5.41) is 6.08. The first kappa shape index (κ1) is 18.5. The van der Waals surface area contributed by atoms with E-state index in [-0.39, 0.29) is 5.91 Å². The number of para-hydroxylation sites is 1. The Morgan fingerprint density at radius 3 is 2.22 bits per heavy atom. The number of nitrogens with one attached hydrogen (secondary N) is 2. The van der Waals surface area contributed by atoms with Crippen molar-refractivity contribution in [2.75, 3.05) is 10.6 Å². The Morgan fingerprint density at radius 1 is 0.926 bits per heavy atom. The quantitative estimate of drug-likeness (QED) is 0.575. The van der Waals surface area contributed by atoms with Crippen molar-refractivity contribution in [1.82, 2.24) is 4.98 Å². The highest BCUT2D eigenvalue weighted by atomic mass is 16.5. The van der Waals surface area contributed by atoms with Gasteiger partial charge in [0.25, 0.3) is 0 Å². The topological polar surface area (TPSA) is 63.2 Å². The van der Waals surface area contributed by atoms with Crippen LogP contribution in [0.2, 0.25) is 0 Å². The summed E-state index contributed by atoms with van der Waals surface area (Å²) in [6, 6.07) is 21.0. The molecule has 0 saturated heterocycles. The lowest BCUT2D eigenvalue weighted by molar-refractivity contribution is -0.116. The summed E-state index contributed by atoms with van der Waals surface area (Å²) in [6.45, 7) is 4.03. The predicted octanol–water partition coefficient (Wildman–Crippen LogP) is 5.60. The van der Waals surface area contributed by atoms with Crippen molar-refractivity contribution in [3.8, 4) is 11.5 Å². The first-order valence-electron chi connectivity index (χ1n) is 8.94. The van der Waals surface area contributed by atoms with Crippen molar-refractivity contribution in [2.24, 2.45) is 5.92 Å². The molecule has 1 amide bonds. The van der Waals surface area contributed by atoms with E-state index in [1.807, 2.05) is 80.6 Å². The lowest BCUT2D eigenvalue weighted by Gasteiger charge is -2.10. The van der Waals surface area contributed by atoms with Crippen LogP contribution in [0.3, 0.4) is 0 Å². The van der Waals surface area contributed by atoms with Gasteiger partial charge in [0.15, 0.2) is 0 Å². The van der Waals surface area contributed by atoms with Crippen LogP contribution in [0.25, 0.3) is 0 Å². The second-order valence-corrected chi connectivity index (χ2v) is 6.64. The number of benzene rings is 2. The lowest BCUT2D eigenvalue weighted by atomic mass is 10.1. The van der Waals surface area contributed by atoms with Crippen molar-refractivity contribution in [3.63, 3.8) is 0 Å². The number of amides is 1. The number of ether oxygens (including phenoxy) is 1. The summed E-state index contributed by atoms with van der Waals surface area (Å²) in [5.41, 5.74) is 1.59. The summed E-state index contributed by atoms with van der Waals surface area (Å²) < 4.78 is 5.78. The maximum absolute atomic E-state index is 11.8. The van der Waals surface area contributed by atoms with Crippen LogP contribution in [0.5, 0.6) is 11.5 Å². The number of anilines is 3. The minimum Gasteiger partial charge on any atom is -0.457 e. The van der Waals surface area contributed by atoms with Gasteiger partial charge >= 0.3 is 0 Å². The molecule has 0 aliphatic heterocycles. The molecule has 138 valence electrons. The third kappa shape index (κ3) is 5.85. The van der Waals surface area contributed by atoms with Crippen molar-refractivity contribution >= 4 is 23.1 Å². The van der Waals surface area contributed by atoms with E-state index in [1.165, 1.54) is 0 Å². The second-order valence-electron chi connectivity index (χ2n) is 6.64. The van der Waals surface area contributed by atoms with E-state index in [1.54, 1.807) is 6.20 Å². The zero-order chi connectivity index (χ0) is 19.1. The monoisotopic (exact) mass is 361 g/mol. The summed E-state index contributed by atoms with van der Waals surface area (Å²) in [4.78, 5) is 16.1. The molecule has 5 heteroatoms. The highest BCUT2D eigenvalue weighted by Gasteiger charge is 2.06. The highest BCUT2D eigenvalue weighted by molar-refractivity contribution is 5.90. The molecular weight excluding hydrogens is 338 g/mol. The molecule has 0 spiro atoms. The van der Waals surface area contributed by atoms with Crippen LogP contribution in [0.4, 0.5) is 17.2 Å². The molecule has 0 atom stereocenters. The smallest absolute Gasteiger partial charge is 0.224 e. The molecule has 0 unspecified atom stereocenters. The van der Waals surface area contributed by atoms with Crippen LogP contribution in [-0.4, -0.2) is 10.9 Å². The first-order valence-corrected chi connectivity index (χ1v) is 8.94. The number of hydrogen-bond acceptors (Lipinski definition) is 4. The van der Waals surface area contributed by atoms with Gasteiger partial charge in [-0.25, -0.2) is 4.98 Å². The Bertz CT molecular complexity index is 860. The van der Waals surface area contributed by atoms with Gasteiger partial charge in [0.2, 0.25) is 5.91 Å². The molecule has 0 aliphatic carbocycles. The predicted molar refractivity (Wildman–Crippen MR) is 109 cm³/mol. The third-order valence-electron chi connectivity index (χ3n) is 3.75. The lowest BCUT2D eigenvalue weighted by Crippen LogP contribution is -2.13. The van der Waals surface area contributed by atoms with Crippen LogP contribution in [-0.2, 0) is 4.79 Å². The molecule has 1 aromatic heterocycles. The SMILES string of the molecule is CC(C)CC(=O)Nc1ccc(Nc2ccc(Oc3ccccc3)cc2)nc1. The molecule has 5 nitrogen and oxygen atoms in total. The Morgan fingerprint density at radius 2 is 1.59 bits per heavy atom. The zero-order valence-corrected chi connectivity index (χ0v) is 15.5. The molecule has 1 heterocycles. The minimum atomic E-state index is 0.00140. The molecule has 0 bridgehead atoms. The second kappa shape index (κ2) is 8.85. The number of hydrogen-bond donors (Lipinski definition) is 2. The van der Waals surface area contributed by atoms with E-state index in [4.69, 9.17) is 4.74 Å². The molecule has 2 N–H and O–H groups in total.